The van der Waals surface area contributed by atoms with Crippen LogP contribution >= 0.6 is 11.6 Å². The molecule has 0 aliphatic carbocycles. The van der Waals surface area contributed by atoms with Gasteiger partial charge in [0.05, 0.1) is 17.6 Å². The van der Waals surface area contributed by atoms with Crippen LogP contribution in [-0.2, 0) is 0 Å². The molecule has 0 atom stereocenters. The van der Waals surface area contributed by atoms with Gasteiger partial charge in [0.25, 0.3) is 0 Å². The molecule has 0 radical (unpaired) electrons. The summed E-state index contributed by atoms with van der Waals surface area (Å²) in [6, 6.07) is 23.3. The number of nitrogens with zero attached hydrogens (tertiary/aromatic N) is 3. The van der Waals surface area contributed by atoms with Gasteiger partial charge in [0.1, 0.15) is 11.5 Å². The van der Waals surface area contributed by atoms with Gasteiger partial charge in [-0.1, -0.05) is 54.1 Å². The Balaban J connectivity index is 1.68. The van der Waals surface area contributed by atoms with Crippen LogP contribution in [0.4, 0.5) is 5.95 Å². The maximum atomic E-state index is 9.88. The molecule has 0 saturated carbocycles. The summed E-state index contributed by atoms with van der Waals surface area (Å²) in [5, 5.41) is 24.0. The minimum absolute atomic E-state index is 0.0240. The average molecular weight is 417 g/mol. The summed E-state index contributed by atoms with van der Waals surface area (Å²) in [6.07, 6.45) is 1.43. The Morgan fingerprint density at radius 2 is 1.47 bits per heavy atom. The molecule has 0 saturated heterocycles. The van der Waals surface area contributed by atoms with E-state index in [1.807, 2.05) is 48.5 Å². The SMILES string of the molecule is Oc1ccc(C=NNc2nc(-c3ccccc3)cc(-c3ccc(Cl)cc3)n2)c(O)c1. The molecule has 0 aliphatic rings. The first-order chi connectivity index (χ1) is 14.6. The molecular weight excluding hydrogens is 400 g/mol. The summed E-state index contributed by atoms with van der Waals surface area (Å²) in [5.41, 5.74) is 6.54. The molecule has 4 aromatic rings. The van der Waals surface area contributed by atoms with Gasteiger partial charge in [0, 0.05) is 27.8 Å². The Bertz CT molecular complexity index is 1200. The van der Waals surface area contributed by atoms with Gasteiger partial charge in [-0.3, -0.25) is 0 Å². The van der Waals surface area contributed by atoms with Gasteiger partial charge >= 0.3 is 0 Å². The average Bonchev–Trinajstić information content (AvgIpc) is 2.76. The highest BCUT2D eigenvalue weighted by molar-refractivity contribution is 6.30. The summed E-state index contributed by atoms with van der Waals surface area (Å²) < 4.78 is 0. The van der Waals surface area contributed by atoms with E-state index in [4.69, 9.17) is 11.6 Å². The lowest BCUT2D eigenvalue weighted by atomic mass is 10.1. The van der Waals surface area contributed by atoms with Crippen molar-refractivity contribution in [2.75, 3.05) is 5.43 Å². The van der Waals surface area contributed by atoms with Crippen molar-refractivity contribution >= 4 is 23.8 Å². The second kappa shape index (κ2) is 8.63. The second-order valence-corrected chi connectivity index (χ2v) is 6.88. The van der Waals surface area contributed by atoms with Gasteiger partial charge < -0.3 is 10.2 Å². The summed E-state index contributed by atoms with van der Waals surface area (Å²) in [5.74, 6) is 0.196. The van der Waals surface area contributed by atoms with Gasteiger partial charge in [0.2, 0.25) is 5.95 Å². The molecule has 6 nitrogen and oxygen atoms in total. The van der Waals surface area contributed by atoms with Crippen LogP contribution < -0.4 is 5.43 Å². The van der Waals surface area contributed by atoms with Crippen LogP contribution in [0.2, 0.25) is 5.02 Å². The number of hydrogen-bond donors (Lipinski definition) is 3. The number of halogens is 1. The first-order valence-electron chi connectivity index (χ1n) is 9.10. The Kier molecular flexibility index (Phi) is 5.59. The van der Waals surface area contributed by atoms with Crippen LogP contribution in [0.1, 0.15) is 5.56 Å². The van der Waals surface area contributed by atoms with Crippen molar-refractivity contribution in [3.63, 3.8) is 0 Å². The molecule has 0 amide bonds. The fourth-order valence-corrected chi connectivity index (χ4v) is 2.95. The van der Waals surface area contributed by atoms with Crippen molar-refractivity contribution in [2.24, 2.45) is 5.10 Å². The summed E-state index contributed by atoms with van der Waals surface area (Å²) in [4.78, 5) is 9.09. The highest BCUT2D eigenvalue weighted by atomic mass is 35.5. The lowest BCUT2D eigenvalue weighted by Crippen LogP contribution is -2.00. The monoisotopic (exact) mass is 416 g/mol. The molecule has 1 aromatic heterocycles. The van der Waals surface area contributed by atoms with Crippen molar-refractivity contribution in [1.82, 2.24) is 9.97 Å². The third-order valence-electron chi connectivity index (χ3n) is 4.32. The minimum Gasteiger partial charge on any atom is -0.508 e. The normalized spacial score (nSPS) is 11.0. The Morgan fingerprint density at radius 1 is 0.800 bits per heavy atom. The molecule has 0 fully saturated rings. The van der Waals surface area contributed by atoms with Crippen LogP contribution in [0.3, 0.4) is 0 Å². The third-order valence-corrected chi connectivity index (χ3v) is 4.57. The summed E-state index contributed by atoms with van der Waals surface area (Å²) >= 11 is 6.01. The number of aromatic hydroxyl groups is 2. The van der Waals surface area contributed by atoms with E-state index in [1.165, 1.54) is 18.3 Å². The van der Waals surface area contributed by atoms with Crippen LogP contribution in [0, 0.1) is 0 Å². The number of nitrogens with one attached hydrogen (secondary N) is 1. The molecule has 0 bridgehead atoms. The molecule has 30 heavy (non-hydrogen) atoms. The lowest BCUT2D eigenvalue weighted by molar-refractivity contribution is 0.450. The van der Waals surface area contributed by atoms with Gasteiger partial charge in [-0.15, -0.1) is 0 Å². The zero-order valence-corrected chi connectivity index (χ0v) is 16.5. The van der Waals surface area contributed by atoms with E-state index in [0.29, 0.717) is 22.2 Å². The first kappa shape index (κ1) is 19.4. The van der Waals surface area contributed by atoms with Crippen molar-refractivity contribution < 1.29 is 10.2 Å². The number of anilines is 1. The van der Waals surface area contributed by atoms with Gasteiger partial charge in [-0.05, 0) is 30.3 Å². The van der Waals surface area contributed by atoms with Crippen LogP contribution in [-0.4, -0.2) is 26.4 Å². The Labute approximate surface area is 178 Å². The maximum Gasteiger partial charge on any atom is 0.244 e. The van der Waals surface area contributed by atoms with Crippen LogP contribution in [0.15, 0.2) is 84.0 Å². The number of phenolic OH excluding ortho intramolecular Hbond substituents is 2. The van der Waals surface area contributed by atoms with Crippen molar-refractivity contribution in [3.05, 3.63) is 89.4 Å². The molecular formula is C23H17ClN4O2. The Hall–Kier alpha value is -3.90. The van der Waals surface area contributed by atoms with Gasteiger partial charge in [-0.2, -0.15) is 5.10 Å². The molecule has 0 unspecified atom stereocenters. The van der Waals surface area contributed by atoms with E-state index in [-0.39, 0.29) is 11.5 Å². The Morgan fingerprint density at radius 3 is 2.13 bits per heavy atom. The number of benzene rings is 3. The molecule has 0 spiro atoms. The van der Waals surface area contributed by atoms with E-state index < -0.39 is 0 Å². The third kappa shape index (κ3) is 4.56. The van der Waals surface area contributed by atoms with Gasteiger partial charge in [-0.25, -0.2) is 15.4 Å². The molecule has 3 aromatic carbocycles. The van der Waals surface area contributed by atoms with E-state index >= 15 is 0 Å². The predicted molar refractivity (Wildman–Crippen MR) is 119 cm³/mol. The van der Waals surface area contributed by atoms with Crippen molar-refractivity contribution in [3.8, 4) is 34.0 Å². The minimum atomic E-state index is -0.0821. The number of hydrogen-bond acceptors (Lipinski definition) is 6. The second-order valence-electron chi connectivity index (χ2n) is 6.45. The maximum absolute atomic E-state index is 9.88. The molecule has 3 N–H and O–H groups in total. The molecule has 148 valence electrons. The standard InChI is InChI=1S/C23H17ClN4O2/c24-18-9-6-16(7-10-18)21-13-20(15-4-2-1-3-5-15)26-23(27-21)28-25-14-17-8-11-19(29)12-22(17)30/h1-14,29-30H,(H,26,27,28). The molecule has 7 heteroatoms. The van der Waals surface area contributed by atoms with E-state index in [9.17, 15) is 10.2 Å². The van der Waals surface area contributed by atoms with E-state index in [0.717, 1.165) is 16.8 Å². The van der Waals surface area contributed by atoms with Crippen LogP contribution in [0.25, 0.3) is 22.5 Å². The smallest absolute Gasteiger partial charge is 0.244 e. The van der Waals surface area contributed by atoms with Crippen molar-refractivity contribution in [1.29, 1.82) is 0 Å². The fraction of sp³-hybridized carbons (Fsp3) is 0. The highest BCUT2D eigenvalue weighted by Crippen LogP contribution is 2.26. The largest absolute Gasteiger partial charge is 0.508 e. The summed E-state index contributed by atoms with van der Waals surface area (Å²) in [6.45, 7) is 0. The van der Waals surface area contributed by atoms with E-state index in [1.54, 1.807) is 18.2 Å². The predicted octanol–water partition coefficient (Wildman–Crippen LogP) is 5.32. The number of aromatic nitrogens is 2. The zero-order chi connectivity index (χ0) is 20.9. The molecule has 4 rings (SSSR count). The van der Waals surface area contributed by atoms with Crippen LogP contribution in [0.5, 0.6) is 11.5 Å². The number of phenols is 2. The first-order valence-corrected chi connectivity index (χ1v) is 9.48. The van der Waals surface area contributed by atoms with E-state index in [2.05, 4.69) is 20.5 Å². The zero-order valence-electron chi connectivity index (χ0n) is 15.7. The molecule has 1 heterocycles. The number of rotatable bonds is 5. The quantitative estimate of drug-likeness (QED) is 0.302. The topological polar surface area (TPSA) is 90.6 Å². The highest BCUT2D eigenvalue weighted by Gasteiger charge is 2.09. The van der Waals surface area contributed by atoms with Crippen molar-refractivity contribution in [2.45, 2.75) is 0 Å². The van der Waals surface area contributed by atoms with Gasteiger partial charge in [0.15, 0.2) is 0 Å². The fourth-order valence-electron chi connectivity index (χ4n) is 2.82. The molecule has 0 aliphatic heterocycles. The summed E-state index contributed by atoms with van der Waals surface area (Å²) in [7, 11) is 0. The lowest BCUT2D eigenvalue weighted by Gasteiger charge is -2.08. The number of hydrazone groups is 1.